The highest BCUT2D eigenvalue weighted by Crippen LogP contribution is 2.36. The first-order valence-electron chi connectivity index (χ1n) is 6.39. The molecule has 2 aromatic carbocycles. The smallest absolute Gasteiger partial charge is 0.271 e. The SMILES string of the molecule is N=C1S/C(=C\c2ccccc2Cl)C(=O)N1c1ccccc1F. The second-order valence-electron chi connectivity index (χ2n) is 4.53. The van der Waals surface area contributed by atoms with E-state index < -0.39 is 11.7 Å². The van der Waals surface area contributed by atoms with Crippen LogP contribution in [0.15, 0.2) is 53.4 Å². The number of para-hydroxylation sites is 1. The van der Waals surface area contributed by atoms with Crippen LogP contribution in [0, 0.1) is 11.2 Å². The van der Waals surface area contributed by atoms with Gasteiger partial charge in [-0.05, 0) is 41.6 Å². The highest BCUT2D eigenvalue weighted by atomic mass is 35.5. The van der Waals surface area contributed by atoms with Crippen molar-refractivity contribution in [3.8, 4) is 0 Å². The summed E-state index contributed by atoms with van der Waals surface area (Å²) in [7, 11) is 0. The van der Waals surface area contributed by atoms with E-state index in [0.29, 0.717) is 15.5 Å². The monoisotopic (exact) mass is 332 g/mol. The van der Waals surface area contributed by atoms with E-state index in [-0.39, 0.29) is 10.9 Å². The number of carbonyl (C=O) groups excluding carboxylic acids is 1. The van der Waals surface area contributed by atoms with Gasteiger partial charge >= 0.3 is 0 Å². The summed E-state index contributed by atoms with van der Waals surface area (Å²) in [5.74, 6) is -0.972. The fourth-order valence-electron chi connectivity index (χ4n) is 2.07. The molecule has 0 radical (unpaired) electrons. The zero-order valence-electron chi connectivity index (χ0n) is 11.2. The Morgan fingerprint density at radius 3 is 2.55 bits per heavy atom. The highest BCUT2D eigenvalue weighted by Gasteiger charge is 2.34. The van der Waals surface area contributed by atoms with E-state index in [4.69, 9.17) is 17.0 Å². The number of amidine groups is 1. The van der Waals surface area contributed by atoms with Crippen LogP contribution in [-0.2, 0) is 4.79 Å². The molecule has 6 heteroatoms. The van der Waals surface area contributed by atoms with E-state index in [1.54, 1.807) is 30.3 Å². The van der Waals surface area contributed by atoms with Crippen molar-refractivity contribution in [3.05, 3.63) is 69.8 Å². The fourth-order valence-corrected chi connectivity index (χ4v) is 3.11. The molecule has 0 aliphatic carbocycles. The number of benzene rings is 2. The van der Waals surface area contributed by atoms with Crippen LogP contribution in [-0.4, -0.2) is 11.1 Å². The van der Waals surface area contributed by atoms with Crippen molar-refractivity contribution < 1.29 is 9.18 Å². The Balaban J connectivity index is 1.99. The number of thioether (sulfide) groups is 1. The summed E-state index contributed by atoms with van der Waals surface area (Å²) in [6, 6.07) is 13.0. The molecule has 1 aliphatic rings. The van der Waals surface area contributed by atoms with Crippen LogP contribution in [0.1, 0.15) is 5.56 Å². The molecule has 0 saturated carbocycles. The zero-order valence-corrected chi connectivity index (χ0v) is 12.8. The Morgan fingerprint density at radius 1 is 1.14 bits per heavy atom. The van der Waals surface area contributed by atoms with Gasteiger partial charge in [0.2, 0.25) is 0 Å². The first-order valence-corrected chi connectivity index (χ1v) is 7.59. The van der Waals surface area contributed by atoms with E-state index in [1.165, 1.54) is 18.2 Å². The number of nitrogens with zero attached hydrogens (tertiary/aromatic N) is 1. The Bertz CT molecular complexity index is 806. The maximum Gasteiger partial charge on any atom is 0.271 e. The summed E-state index contributed by atoms with van der Waals surface area (Å²) in [4.78, 5) is 13.9. The minimum Gasteiger partial charge on any atom is -0.278 e. The predicted molar refractivity (Wildman–Crippen MR) is 88.6 cm³/mol. The molecule has 22 heavy (non-hydrogen) atoms. The summed E-state index contributed by atoms with van der Waals surface area (Å²) in [6.45, 7) is 0. The lowest BCUT2D eigenvalue weighted by Crippen LogP contribution is -2.28. The largest absolute Gasteiger partial charge is 0.278 e. The van der Waals surface area contributed by atoms with Crippen molar-refractivity contribution in [3.63, 3.8) is 0 Å². The molecule has 2 aromatic rings. The maximum absolute atomic E-state index is 13.9. The van der Waals surface area contributed by atoms with E-state index in [9.17, 15) is 9.18 Å². The van der Waals surface area contributed by atoms with Gasteiger partial charge in [-0.1, -0.05) is 41.9 Å². The van der Waals surface area contributed by atoms with Crippen LogP contribution in [0.3, 0.4) is 0 Å². The summed E-state index contributed by atoms with van der Waals surface area (Å²) < 4.78 is 13.9. The Kier molecular flexibility index (Phi) is 4.00. The lowest BCUT2D eigenvalue weighted by molar-refractivity contribution is -0.113. The van der Waals surface area contributed by atoms with E-state index >= 15 is 0 Å². The molecule has 1 heterocycles. The number of rotatable bonds is 2. The molecule has 0 spiro atoms. The number of hydrogen-bond acceptors (Lipinski definition) is 3. The molecule has 1 aliphatic heterocycles. The van der Waals surface area contributed by atoms with Crippen molar-refractivity contribution in [2.24, 2.45) is 0 Å². The number of carbonyl (C=O) groups is 1. The molecule has 1 saturated heterocycles. The number of hydrogen-bond donors (Lipinski definition) is 1. The number of nitrogens with one attached hydrogen (secondary N) is 1. The minimum absolute atomic E-state index is 0.0339. The van der Waals surface area contributed by atoms with Crippen molar-refractivity contribution in [2.45, 2.75) is 0 Å². The van der Waals surface area contributed by atoms with Gasteiger partial charge in [-0.25, -0.2) is 4.39 Å². The molecule has 1 amide bonds. The Labute approximate surface area is 135 Å². The number of anilines is 1. The number of amides is 1. The van der Waals surface area contributed by atoms with Crippen molar-refractivity contribution in [1.29, 1.82) is 5.41 Å². The van der Waals surface area contributed by atoms with Crippen LogP contribution in [0.2, 0.25) is 5.02 Å². The molecular formula is C16H10ClFN2OS. The average molecular weight is 333 g/mol. The predicted octanol–water partition coefficient (Wildman–Crippen LogP) is 4.53. The van der Waals surface area contributed by atoms with Gasteiger partial charge in [0.05, 0.1) is 10.6 Å². The number of halogens is 2. The molecular weight excluding hydrogens is 323 g/mol. The third-order valence-corrected chi connectivity index (χ3v) is 4.34. The molecule has 110 valence electrons. The van der Waals surface area contributed by atoms with Gasteiger partial charge in [-0.2, -0.15) is 0 Å². The summed E-state index contributed by atoms with van der Waals surface area (Å²) in [5, 5.41) is 8.43. The van der Waals surface area contributed by atoms with Crippen LogP contribution in [0.5, 0.6) is 0 Å². The molecule has 1 fully saturated rings. The zero-order chi connectivity index (χ0) is 15.7. The first-order chi connectivity index (χ1) is 10.6. The lowest BCUT2D eigenvalue weighted by Gasteiger charge is -2.14. The molecule has 0 unspecified atom stereocenters. The van der Waals surface area contributed by atoms with Gasteiger partial charge < -0.3 is 0 Å². The van der Waals surface area contributed by atoms with E-state index in [1.807, 2.05) is 6.07 Å². The van der Waals surface area contributed by atoms with Crippen LogP contribution in [0.4, 0.5) is 10.1 Å². The summed E-state index contributed by atoms with van der Waals surface area (Å²) in [5.41, 5.74) is 0.760. The van der Waals surface area contributed by atoms with Gasteiger partial charge in [0.25, 0.3) is 5.91 Å². The van der Waals surface area contributed by atoms with Crippen molar-refractivity contribution in [1.82, 2.24) is 0 Å². The van der Waals surface area contributed by atoms with Crippen LogP contribution < -0.4 is 4.90 Å². The molecule has 1 N–H and O–H groups in total. The third kappa shape index (κ3) is 2.65. The Morgan fingerprint density at radius 2 is 1.82 bits per heavy atom. The fraction of sp³-hybridized carbons (Fsp3) is 0. The van der Waals surface area contributed by atoms with Gasteiger partial charge in [0.15, 0.2) is 5.17 Å². The van der Waals surface area contributed by atoms with Crippen LogP contribution >= 0.6 is 23.4 Å². The standard InChI is InChI=1S/C16H10ClFN2OS/c17-11-6-2-1-5-10(11)9-14-15(21)20(16(19)22-14)13-8-4-3-7-12(13)18/h1-9,19H/b14-9-,19-16?. The molecule has 0 aromatic heterocycles. The third-order valence-electron chi connectivity index (χ3n) is 3.11. The average Bonchev–Trinajstić information content (AvgIpc) is 2.77. The quantitative estimate of drug-likeness (QED) is 0.821. The minimum atomic E-state index is -0.541. The van der Waals surface area contributed by atoms with Crippen LogP contribution in [0.25, 0.3) is 6.08 Å². The summed E-state index contributed by atoms with van der Waals surface area (Å²) in [6.07, 6.45) is 1.62. The van der Waals surface area contributed by atoms with Gasteiger partial charge in [0, 0.05) is 5.02 Å². The molecule has 0 atom stereocenters. The van der Waals surface area contributed by atoms with E-state index in [2.05, 4.69) is 0 Å². The highest BCUT2D eigenvalue weighted by molar-refractivity contribution is 8.19. The van der Waals surface area contributed by atoms with Gasteiger partial charge in [0.1, 0.15) is 5.82 Å². The van der Waals surface area contributed by atoms with Gasteiger partial charge in [-0.3, -0.25) is 15.1 Å². The normalized spacial score (nSPS) is 16.6. The molecule has 3 nitrogen and oxygen atoms in total. The van der Waals surface area contributed by atoms with E-state index in [0.717, 1.165) is 16.7 Å². The Hall–Kier alpha value is -2.11. The van der Waals surface area contributed by atoms with Gasteiger partial charge in [-0.15, -0.1) is 0 Å². The second-order valence-corrected chi connectivity index (χ2v) is 5.97. The summed E-state index contributed by atoms with van der Waals surface area (Å²) >= 11 is 7.06. The molecule has 3 rings (SSSR count). The topological polar surface area (TPSA) is 44.2 Å². The maximum atomic E-state index is 13.9. The lowest BCUT2D eigenvalue weighted by atomic mass is 10.2. The first kappa shape index (κ1) is 14.8. The second kappa shape index (κ2) is 5.94. The molecule has 0 bridgehead atoms. The van der Waals surface area contributed by atoms with Crippen molar-refractivity contribution in [2.75, 3.05) is 4.90 Å². The van der Waals surface area contributed by atoms with Crippen molar-refractivity contribution >= 4 is 46.2 Å².